The van der Waals surface area contributed by atoms with E-state index in [9.17, 15) is 29.7 Å². The van der Waals surface area contributed by atoms with Crippen molar-refractivity contribution in [1.29, 1.82) is 0 Å². The molecule has 5 N–H and O–H groups in total. The summed E-state index contributed by atoms with van der Waals surface area (Å²) in [5, 5.41) is 36.1. The Hall–Kier alpha value is -2.01. The molecule has 1 aliphatic heterocycles. The molecule has 0 bridgehead atoms. The molecule has 1 fully saturated rings. The van der Waals surface area contributed by atoms with Crippen molar-refractivity contribution in [3.8, 4) is 0 Å². The molecule has 0 aromatic rings. The maximum Gasteiger partial charge on any atom is 0.306 e. The number of methoxy groups -OCH3 is 1. The van der Waals surface area contributed by atoms with Gasteiger partial charge in [-0.1, -0.05) is 97.1 Å². The lowest BCUT2D eigenvalue weighted by Gasteiger charge is -2.28. The fourth-order valence-electron chi connectivity index (χ4n) is 4.83. The number of ether oxygens (including phenoxy) is 2. The zero-order valence-electron chi connectivity index (χ0n) is 25.7. The summed E-state index contributed by atoms with van der Waals surface area (Å²) in [6.45, 7) is 6.16. The summed E-state index contributed by atoms with van der Waals surface area (Å²) in [6, 6.07) is -0.925. The SMILES string of the molecule is CCCCCCCCCCCCCC(=O)OC1CCC(NC(=O)C(OC)C(O)C(O)C(O)C=CC(C)C)C(=O)NC1. The van der Waals surface area contributed by atoms with Gasteiger partial charge in [-0.2, -0.15) is 0 Å². The molecule has 1 aliphatic rings. The lowest BCUT2D eigenvalue weighted by molar-refractivity contribution is -0.151. The van der Waals surface area contributed by atoms with Crippen LogP contribution in [0.25, 0.3) is 0 Å². The van der Waals surface area contributed by atoms with E-state index in [0.29, 0.717) is 12.8 Å². The van der Waals surface area contributed by atoms with Gasteiger partial charge in [0.05, 0.1) is 6.54 Å². The smallest absolute Gasteiger partial charge is 0.306 e. The van der Waals surface area contributed by atoms with Gasteiger partial charge in [0, 0.05) is 13.5 Å². The molecular weight excluding hydrogens is 528 g/mol. The third kappa shape index (κ3) is 15.7. The predicted molar refractivity (Wildman–Crippen MR) is 158 cm³/mol. The molecule has 2 amide bonds. The second kappa shape index (κ2) is 21.7. The Labute approximate surface area is 246 Å². The number of aliphatic hydroxyl groups excluding tert-OH is 3. The van der Waals surface area contributed by atoms with Crippen LogP contribution < -0.4 is 10.6 Å². The highest BCUT2D eigenvalue weighted by Crippen LogP contribution is 2.16. The summed E-state index contributed by atoms with van der Waals surface area (Å²) in [5.41, 5.74) is 0. The largest absolute Gasteiger partial charge is 0.460 e. The van der Waals surface area contributed by atoms with Gasteiger partial charge < -0.3 is 35.4 Å². The molecule has 10 nitrogen and oxygen atoms in total. The molecule has 238 valence electrons. The van der Waals surface area contributed by atoms with Crippen molar-refractivity contribution in [1.82, 2.24) is 10.6 Å². The lowest BCUT2D eigenvalue weighted by atomic mass is 10.00. The van der Waals surface area contributed by atoms with Gasteiger partial charge in [0.2, 0.25) is 5.91 Å². The van der Waals surface area contributed by atoms with Crippen LogP contribution in [0.4, 0.5) is 0 Å². The summed E-state index contributed by atoms with van der Waals surface area (Å²) in [4.78, 5) is 37.7. The molecule has 0 aromatic carbocycles. The molecule has 41 heavy (non-hydrogen) atoms. The number of carbonyl (C=O) groups excluding carboxylic acids is 3. The van der Waals surface area contributed by atoms with Crippen LogP contribution in [0, 0.1) is 5.92 Å². The molecule has 1 saturated heterocycles. The minimum absolute atomic E-state index is 0.122. The zero-order chi connectivity index (χ0) is 30.6. The van der Waals surface area contributed by atoms with Crippen molar-refractivity contribution in [2.24, 2.45) is 5.92 Å². The van der Waals surface area contributed by atoms with Gasteiger partial charge in [-0.15, -0.1) is 0 Å². The summed E-state index contributed by atoms with van der Waals surface area (Å²) in [5.74, 6) is -1.40. The van der Waals surface area contributed by atoms with Gasteiger partial charge in [-0.05, 0) is 25.2 Å². The van der Waals surface area contributed by atoms with Crippen molar-refractivity contribution >= 4 is 17.8 Å². The highest BCUT2D eigenvalue weighted by Gasteiger charge is 2.37. The first-order valence-corrected chi connectivity index (χ1v) is 15.6. The summed E-state index contributed by atoms with van der Waals surface area (Å²) in [7, 11) is 1.19. The first-order chi connectivity index (χ1) is 19.6. The van der Waals surface area contributed by atoms with Gasteiger partial charge in [0.1, 0.15) is 30.5 Å². The number of unbranched alkanes of at least 4 members (excludes halogenated alkanes) is 10. The molecule has 6 unspecified atom stereocenters. The number of amides is 2. The van der Waals surface area contributed by atoms with Crippen molar-refractivity contribution in [3.05, 3.63) is 12.2 Å². The van der Waals surface area contributed by atoms with Crippen molar-refractivity contribution in [2.45, 2.75) is 147 Å². The van der Waals surface area contributed by atoms with Crippen molar-refractivity contribution in [2.75, 3.05) is 13.7 Å². The van der Waals surface area contributed by atoms with E-state index in [2.05, 4.69) is 17.6 Å². The third-order valence-corrected chi connectivity index (χ3v) is 7.41. The third-order valence-electron chi connectivity index (χ3n) is 7.41. The zero-order valence-corrected chi connectivity index (χ0v) is 25.7. The van der Waals surface area contributed by atoms with Crippen LogP contribution in [-0.4, -0.2) is 83.3 Å². The normalized spacial score (nSPS) is 20.7. The number of carbonyl (C=O) groups is 3. The van der Waals surface area contributed by atoms with Crippen LogP contribution in [0.3, 0.4) is 0 Å². The molecule has 1 rings (SSSR count). The van der Waals surface area contributed by atoms with E-state index in [1.807, 2.05) is 13.8 Å². The Morgan fingerprint density at radius 2 is 1.51 bits per heavy atom. The molecule has 0 saturated carbocycles. The Bertz CT molecular complexity index is 775. The number of esters is 1. The highest BCUT2D eigenvalue weighted by atomic mass is 16.5. The predicted octanol–water partition coefficient (Wildman–Crippen LogP) is 3.30. The van der Waals surface area contributed by atoms with Crippen molar-refractivity contribution in [3.63, 3.8) is 0 Å². The van der Waals surface area contributed by atoms with Crippen LogP contribution in [0.15, 0.2) is 12.2 Å². The van der Waals surface area contributed by atoms with Crippen LogP contribution in [0.2, 0.25) is 0 Å². The molecule has 6 atom stereocenters. The summed E-state index contributed by atoms with van der Waals surface area (Å²) in [6.07, 6.45) is 10.3. The standard InChI is InChI=1S/C31H56N2O8/c1-5-6-7-8-9-10-11-12-13-14-15-16-26(35)41-23-18-19-24(30(38)32-21-23)33-31(39)29(40-4)28(37)27(36)25(34)20-17-22(2)3/h17,20,22-25,27-29,34,36-37H,5-16,18-19,21H2,1-4H3,(H,32,38)(H,33,39). The van der Waals surface area contributed by atoms with Gasteiger partial charge in [-0.25, -0.2) is 0 Å². The fourth-order valence-corrected chi connectivity index (χ4v) is 4.83. The average molecular weight is 585 g/mol. The summed E-state index contributed by atoms with van der Waals surface area (Å²) < 4.78 is 10.7. The molecule has 10 heteroatoms. The van der Waals surface area contributed by atoms with E-state index < -0.39 is 48.4 Å². The van der Waals surface area contributed by atoms with Gasteiger partial charge in [0.15, 0.2) is 6.10 Å². The van der Waals surface area contributed by atoms with E-state index in [-0.39, 0.29) is 24.9 Å². The first-order valence-electron chi connectivity index (χ1n) is 15.6. The average Bonchev–Trinajstić information content (AvgIpc) is 3.11. The minimum atomic E-state index is -1.73. The van der Waals surface area contributed by atoms with Crippen LogP contribution in [0.5, 0.6) is 0 Å². The maximum atomic E-state index is 12.8. The molecule has 0 aliphatic carbocycles. The molecule has 1 heterocycles. The molecule has 0 radical (unpaired) electrons. The summed E-state index contributed by atoms with van der Waals surface area (Å²) >= 11 is 0. The van der Waals surface area contributed by atoms with E-state index in [0.717, 1.165) is 19.3 Å². The Kier molecular flexibility index (Phi) is 19.6. The number of allylic oxidation sites excluding steroid dienone is 1. The fraction of sp³-hybridized carbons (Fsp3) is 0.839. The number of rotatable bonds is 21. The minimum Gasteiger partial charge on any atom is -0.460 e. The first kappa shape index (κ1) is 37.0. The van der Waals surface area contributed by atoms with Gasteiger partial charge in [-0.3, -0.25) is 14.4 Å². The lowest BCUT2D eigenvalue weighted by Crippen LogP contribution is -2.55. The van der Waals surface area contributed by atoms with Gasteiger partial charge >= 0.3 is 5.97 Å². The second-order valence-electron chi connectivity index (χ2n) is 11.5. The van der Waals surface area contributed by atoms with E-state index in [1.165, 1.54) is 64.6 Å². The Morgan fingerprint density at radius 1 is 0.927 bits per heavy atom. The second-order valence-corrected chi connectivity index (χ2v) is 11.5. The molecular formula is C31H56N2O8. The number of nitrogens with one attached hydrogen (secondary N) is 2. The highest BCUT2D eigenvalue weighted by molar-refractivity contribution is 5.89. The van der Waals surface area contributed by atoms with Crippen molar-refractivity contribution < 1.29 is 39.2 Å². The van der Waals surface area contributed by atoms with E-state index >= 15 is 0 Å². The van der Waals surface area contributed by atoms with Gasteiger partial charge in [0.25, 0.3) is 5.91 Å². The maximum absolute atomic E-state index is 12.8. The molecule has 0 aromatic heterocycles. The topological polar surface area (TPSA) is 154 Å². The number of aliphatic hydroxyl groups is 3. The Balaban J connectivity index is 2.39. The number of hydrogen-bond donors (Lipinski definition) is 5. The number of hydrogen-bond acceptors (Lipinski definition) is 8. The molecule has 0 spiro atoms. The van der Waals surface area contributed by atoms with E-state index in [1.54, 1.807) is 6.08 Å². The Morgan fingerprint density at radius 3 is 2.07 bits per heavy atom. The van der Waals surface area contributed by atoms with Crippen LogP contribution in [-0.2, 0) is 23.9 Å². The van der Waals surface area contributed by atoms with Crippen LogP contribution in [0.1, 0.15) is 111 Å². The van der Waals surface area contributed by atoms with Crippen LogP contribution >= 0.6 is 0 Å². The monoisotopic (exact) mass is 584 g/mol. The quantitative estimate of drug-likeness (QED) is 0.0782. The van der Waals surface area contributed by atoms with E-state index in [4.69, 9.17) is 9.47 Å².